The van der Waals surface area contributed by atoms with Crippen LogP contribution in [0, 0.1) is 5.92 Å². The molecule has 1 rings (SSSR count). The molecule has 0 aromatic rings. The lowest BCUT2D eigenvalue weighted by Gasteiger charge is -2.18. The summed E-state index contributed by atoms with van der Waals surface area (Å²) in [6.45, 7) is 8.00. The Labute approximate surface area is 89.0 Å². The van der Waals surface area contributed by atoms with E-state index in [1.807, 2.05) is 27.7 Å². The SMILES string of the molecule is CC.CC.COC(=O)C1CCCCC1. The molecule has 1 aliphatic carbocycles. The van der Waals surface area contributed by atoms with Crippen LogP contribution < -0.4 is 0 Å². The molecule has 0 amide bonds. The summed E-state index contributed by atoms with van der Waals surface area (Å²) in [5, 5.41) is 0. The highest BCUT2D eigenvalue weighted by molar-refractivity contribution is 5.72. The van der Waals surface area contributed by atoms with Crippen molar-refractivity contribution in [3.63, 3.8) is 0 Å². The van der Waals surface area contributed by atoms with Gasteiger partial charge in [0.1, 0.15) is 0 Å². The summed E-state index contributed by atoms with van der Waals surface area (Å²) in [6.07, 6.45) is 5.74. The summed E-state index contributed by atoms with van der Waals surface area (Å²) in [5.41, 5.74) is 0. The summed E-state index contributed by atoms with van der Waals surface area (Å²) >= 11 is 0. The number of hydrogen-bond donors (Lipinski definition) is 0. The van der Waals surface area contributed by atoms with Crippen molar-refractivity contribution in [3.8, 4) is 0 Å². The quantitative estimate of drug-likeness (QED) is 0.605. The van der Waals surface area contributed by atoms with Gasteiger partial charge in [0.05, 0.1) is 13.0 Å². The molecular weight excluding hydrogens is 176 g/mol. The van der Waals surface area contributed by atoms with Gasteiger partial charge in [0.15, 0.2) is 0 Å². The molecule has 2 heteroatoms. The predicted octanol–water partition coefficient (Wildman–Crippen LogP) is 3.79. The third-order valence-electron chi connectivity index (χ3n) is 2.14. The number of hydrogen-bond acceptors (Lipinski definition) is 2. The Hall–Kier alpha value is -0.530. The fraction of sp³-hybridized carbons (Fsp3) is 0.917. The molecule has 1 saturated carbocycles. The Balaban J connectivity index is 0. The van der Waals surface area contributed by atoms with Gasteiger partial charge in [-0.1, -0.05) is 47.0 Å². The Bertz CT molecular complexity index is 115. The fourth-order valence-electron chi connectivity index (χ4n) is 1.50. The highest BCUT2D eigenvalue weighted by Crippen LogP contribution is 2.24. The number of rotatable bonds is 1. The van der Waals surface area contributed by atoms with E-state index in [4.69, 9.17) is 0 Å². The van der Waals surface area contributed by atoms with Crippen LogP contribution in [0.2, 0.25) is 0 Å². The van der Waals surface area contributed by atoms with Gasteiger partial charge in [-0.2, -0.15) is 0 Å². The second-order valence-electron chi connectivity index (χ2n) is 2.86. The zero-order valence-electron chi connectivity index (χ0n) is 10.4. The van der Waals surface area contributed by atoms with Crippen LogP contribution in [0.4, 0.5) is 0 Å². The number of methoxy groups -OCH3 is 1. The maximum Gasteiger partial charge on any atom is 0.308 e. The molecule has 0 aromatic heterocycles. The Kier molecular flexibility index (Phi) is 14.2. The van der Waals surface area contributed by atoms with Gasteiger partial charge in [0.25, 0.3) is 0 Å². The van der Waals surface area contributed by atoms with Gasteiger partial charge in [-0.3, -0.25) is 4.79 Å². The van der Waals surface area contributed by atoms with Crippen molar-refractivity contribution < 1.29 is 9.53 Å². The monoisotopic (exact) mass is 202 g/mol. The first-order chi connectivity index (χ1) is 6.84. The second kappa shape index (κ2) is 12.5. The van der Waals surface area contributed by atoms with Crippen LogP contribution in [-0.2, 0) is 9.53 Å². The molecule has 2 nitrogen and oxygen atoms in total. The van der Waals surface area contributed by atoms with Gasteiger partial charge in [-0.15, -0.1) is 0 Å². The van der Waals surface area contributed by atoms with E-state index in [9.17, 15) is 4.79 Å². The minimum Gasteiger partial charge on any atom is -0.469 e. The molecule has 14 heavy (non-hydrogen) atoms. The molecule has 0 unspecified atom stereocenters. The van der Waals surface area contributed by atoms with Crippen molar-refractivity contribution >= 4 is 5.97 Å². The van der Waals surface area contributed by atoms with E-state index < -0.39 is 0 Å². The third kappa shape index (κ3) is 6.93. The molecular formula is C12H26O2. The summed E-state index contributed by atoms with van der Waals surface area (Å²) in [4.78, 5) is 10.9. The molecule has 0 bridgehead atoms. The van der Waals surface area contributed by atoms with E-state index in [0.29, 0.717) is 0 Å². The van der Waals surface area contributed by atoms with Crippen molar-refractivity contribution in [3.05, 3.63) is 0 Å². The van der Waals surface area contributed by atoms with E-state index in [0.717, 1.165) is 12.8 Å². The molecule has 0 aliphatic heterocycles. The maximum atomic E-state index is 10.9. The van der Waals surface area contributed by atoms with Crippen LogP contribution in [0.25, 0.3) is 0 Å². The molecule has 1 fully saturated rings. The summed E-state index contributed by atoms with van der Waals surface area (Å²) in [6, 6.07) is 0. The van der Waals surface area contributed by atoms with Crippen LogP contribution in [0.1, 0.15) is 59.8 Å². The van der Waals surface area contributed by atoms with Crippen molar-refractivity contribution in [2.75, 3.05) is 7.11 Å². The molecule has 0 N–H and O–H groups in total. The lowest BCUT2D eigenvalue weighted by Crippen LogP contribution is -2.18. The molecule has 0 atom stereocenters. The lowest BCUT2D eigenvalue weighted by atomic mass is 9.89. The first kappa shape index (κ1) is 15.9. The number of esters is 1. The average Bonchev–Trinajstić information content (AvgIpc) is 2.34. The van der Waals surface area contributed by atoms with Gasteiger partial charge in [0, 0.05) is 0 Å². The molecule has 0 spiro atoms. The molecule has 86 valence electrons. The maximum absolute atomic E-state index is 10.9. The Morgan fingerprint density at radius 2 is 1.43 bits per heavy atom. The highest BCUT2D eigenvalue weighted by atomic mass is 16.5. The van der Waals surface area contributed by atoms with Crippen molar-refractivity contribution in [2.24, 2.45) is 5.92 Å². The fourth-order valence-corrected chi connectivity index (χ4v) is 1.50. The summed E-state index contributed by atoms with van der Waals surface area (Å²) < 4.78 is 4.65. The third-order valence-corrected chi connectivity index (χ3v) is 2.14. The van der Waals surface area contributed by atoms with Crippen LogP contribution in [0.15, 0.2) is 0 Å². The average molecular weight is 202 g/mol. The zero-order chi connectivity index (χ0) is 11.4. The number of ether oxygens (including phenoxy) is 1. The van der Waals surface area contributed by atoms with E-state index in [1.54, 1.807) is 0 Å². The van der Waals surface area contributed by atoms with Gasteiger partial charge < -0.3 is 4.74 Å². The van der Waals surface area contributed by atoms with Gasteiger partial charge >= 0.3 is 5.97 Å². The van der Waals surface area contributed by atoms with Crippen LogP contribution in [0.5, 0.6) is 0 Å². The topological polar surface area (TPSA) is 26.3 Å². The predicted molar refractivity (Wildman–Crippen MR) is 61.3 cm³/mol. The molecule has 1 aliphatic rings. The Morgan fingerprint density at radius 3 is 1.79 bits per heavy atom. The molecule has 0 saturated heterocycles. The normalized spacial score (nSPS) is 15.5. The van der Waals surface area contributed by atoms with E-state index in [2.05, 4.69) is 4.74 Å². The Morgan fingerprint density at radius 1 is 1.00 bits per heavy atom. The summed E-state index contributed by atoms with van der Waals surface area (Å²) in [5.74, 6) is 0.193. The van der Waals surface area contributed by atoms with Crippen molar-refractivity contribution in [1.29, 1.82) is 0 Å². The molecule has 0 aromatic carbocycles. The number of carbonyl (C=O) groups excluding carboxylic acids is 1. The minimum absolute atomic E-state index is 0.0142. The first-order valence-electron chi connectivity index (χ1n) is 5.92. The van der Waals surface area contributed by atoms with Crippen LogP contribution in [-0.4, -0.2) is 13.1 Å². The van der Waals surface area contributed by atoms with Crippen molar-refractivity contribution in [2.45, 2.75) is 59.8 Å². The van der Waals surface area contributed by atoms with E-state index >= 15 is 0 Å². The minimum atomic E-state index is -0.0142. The largest absolute Gasteiger partial charge is 0.469 e. The van der Waals surface area contributed by atoms with Gasteiger partial charge in [0.2, 0.25) is 0 Å². The smallest absolute Gasteiger partial charge is 0.308 e. The highest BCUT2D eigenvalue weighted by Gasteiger charge is 2.20. The summed E-state index contributed by atoms with van der Waals surface area (Å²) in [7, 11) is 1.47. The van der Waals surface area contributed by atoms with E-state index in [-0.39, 0.29) is 11.9 Å². The van der Waals surface area contributed by atoms with Gasteiger partial charge in [-0.05, 0) is 12.8 Å². The van der Waals surface area contributed by atoms with E-state index in [1.165, 1.54) is 26.4 Å². The lowest BCUT2D eigenvalue weighted by molar-refractivity contribution is -0.146. The zero-order valence-corrected chi connectivity index (χ0v) is 10.4. The second-order valence-corrected chi connectivity index (χ2v) is 2.86. The molecule has 0 heterocycles. The molecule has 0 radical (unpaired) electrons. The van der Waals surface area contributed by atoms with Gasteiger partial charge in [-0.25, -0.2) is 0 Å². The number of carbonyl (C=O) groups is 1. The van der Waals surface area contributed by atoms with Crippen molar-refractivity contribution in [1.82, 2.24) is 0 Å². The van der Waals surface area contributed by atoms with Crippen LogP contribution in [0.3, 0.4) is 0 Å². The van der Waals surface area contributed by atoms with Crippen LogP contribution >= 0.6 is 0 Å². The first-order valence-corrected chi connectivity index (χ1v) is 5.92. The standard InChI is InChI=1S/C8H14O2.2C2H6/c1-10-8(9)7-5-3-2-4-6-7;2*1-2/h7H,2-6H2,1H3;2*1-2H3.